The zero-order chi connectivity index (χ0) is 30.0. The lowest BCUT2D eigenvalue weighted by Gasteiger charge is -2.37. The highest BCUT2D eigenvalue weighted by atomic mass is 35.5. The van der Waals surface area contributed by atoms with Crippen molar-refractivity contribution in [3.05, 3.63) is 68.7 Å². The molecule has 2 saturated heterocycles. The molecule has 2 fully saturated rings. The number of carbonyl (C=O) groups is 2. The molecule has 2 aromatic rings. The summed E-state index contributed by atoms with van der Waals surface area (Å²) in [6.07, 6.45) is 9.71. The van der Waals surface area contributed by atoms with Crippen molar-refractivity contribution >= 4 is 34.8 Å². The summed E-state index contributed by atoms with van der Waals surface area (Å²) in [4.78, 5) is 23.1. The molecule has 2 aliphatic heterocycles. The first-order valence-corrected chi connectivity index (χ1v) is 15.2. The Labute approximate surface area is 255 Å². The first-order chi connectivity index (χ1) is 20.1. The van der Waals surface area contributed by atoms with Crippen molar-refractivity contribution < 1.29 is 30.0 Å². The van der Waals surface area contributed by atoms with Gasteiger partial charge in [0.05, 0.1) is 0 Å². The number of carbonyl (C=O) groups excluding carboxylic acids is 2. The van der Waals surface area contributed by atoms with Crippen molar-refractivity contribution in [3.63, 3.8) is 0 Å². The van der Waals surface area contributed by atoms with Crippen LogP contribution >= 0.6 is 23.2 Å². The maximum absolute atomic E-state index is 11.5. The molecule has 0 aromatic heterocycles. The Morgan fingerprint density at radius 2 is 1.00 bits per heavy atom. The molecular weight excluding hydrogens is 579 g/mol. The maximum atomic E-state index is 11.5. The van der Waals surface area contributed by atoms with E-state index in [-0.39, 0.29) is 46.6 Å². The maximum Gasteiger partial charge on any atom is 0.158 e. The van der Waals surface area contributed by atoms with Crippen molar-refractivity contribution in [2.45, 2.75) is 63.5 Å². The fraction of sp³-hybridized carbons (Fsp3) is 0.438. The number of hydrogen-bond acceptors (Lipinski definition) is 8. The van der Waals surface area contributed by atoms with Gasteiger partial charge in [0, 0.05) is 47.1 Å². The first kappa shape index (κ1) is 30.4. The summed E-state index contributed by atoms with van der Waals surface area (Å²) < 4.78 is 0. The molecule has 0 radical (unpaired) electrons. The lowest BCUT2D eigenvalue weighted by molar-refractivity contribution is -0.116. The van der Waals surface area contributed by atoms with E-state index in [4.69, 9.17) is 23.2 Å². The summed E-state index contributed by atoms with van der Waals surface area (Å²) in [7, 11) is 0. The Bertz CT molecular complexity index is 1330. The van der Waals surface area contributed by atoms with E-state index in [0.717, 1.165) is 49.9 Å². The third kappa shape index (κ3) is 6.94. The molecule has 42 heavy (non-hydrogen) atoms. The van der Waals surface area contributed by atoms with Crippen molar-refractivity contribution in [3.8, 4) is 23.0 Å². The Balaban J connectivity index is 0.000000168. The highest BCUT2D eigenvalue weighted by molar-refractivity contribution is 6.31. The van der Waals surface area contributed by atoms with E-state index < -0.39 is 0 Å². The molecule has 3 unspecified atom stereocenters. The van der Waals surface area contributed by atoms with E-state index in [1.54, 1.807) is 12.2 Å². The second-order valence-electron chi connectivity index (χ2n) is 11.6. The molecule has 4 atom stereocenters. The Hall–Kier alpha value is -3.04. The number of piperidine rings is 2. The SMILES string of the molecule is O=C1C=C2CCNC(Cc3cc(O)c(O)cc3Cl)C2CC1.O=C1C=C2CCN[C@H](Cc3cc(O)c(O)cc3Cl)C2CC1. The van der Waals surface area contributed by atoms with E-state index in [9.17, 15) is 30.0 Å². The smallest absolute Gasteiger partial charge is 0.158 e. The molecule has 6 N–H and O–H groups in total. The summed E-state index contributed by atoms with van der Waals surface area (Å²) in [6, 6.07) is 6.20. The van der Waals surface area contributed by atoms with Gasteiger partial charge < -0.3 is 31.1 Å². The van der Waals surface area contributed by atoms with Gasteiger partial charge in [-0.25, -0.2) is 0 Å². The van der Waals surface area contributed by atoms with Crippen molar-refractivity contribution in [2.75, 3.05) is 13.1 Å². The number of hydrogen-bond donors (Lipinski definition) is 6. The quantitative estimate of drug-likeness (QED) is 0.261. The summed E-state index contributed by atoms with van der Waals surface area (Å²) in [5.74, 6) is 0.435. The average Bonchev–Trinajstić information content (AvgIpc) is 2.95. The van der Waals surface area contributed by atoms with Gasteiger partial charge in [0.25, 0.3) is 0 Å². The molecule has 4 aliphatic rings. The molecule has 6 rings (SSSR count). The van der Waals surface area contributed by atoms with Crippen LogP contribution in [0.3, 0.4) is 0 Å². The number of rotatable bonds is 4. The number of phenols is 4. The number of halogens is 2. The van der Waals surface area contributed by atoms with Crippen LogP contribution in [0, 0.1) is 11.8 Å². The Morgan fingerprint density at radius 1 is 0.619 bits per heavy atom. The third-order valence-electron chi connectivity index (χ3n) is 8.83. The highest BCUT2D eigenvalue weighted by Gasteiger charge is 2.33. The van der Waals surface area contributed by atoms with Crippen LogP contribution in [-0.2, 0) is 22.4 Å². The van der Waals surface area contributed by atoms with E-state index in [1.807, 2.05) is 0 Å². The van der Waals surface area contributed by atoms with Crippen LogP contribution in [0.5, 0.6) is 23.0 Å². The van der Waals surface area contributed by atoms with E-state index >= 15 is 0 Å². The van der Waals surface area contributed by atoms with Gasteiger partial charge in [-0.05, 0) is 98.9 Å². The normalized spacial score (nSPS) is 25.4. The molecule has 10 heteroatoms. The third-order valence-corrected chi connectivity index (χ3v) is 9.53. The zero-order valence-electron chi connectivity index (χ0n) is 23.2. The zero-order valence-corrected chi connectivity index (χ0v) is 24.7. The fourth-order valence-electron chi connectivity index (χ4n) is 6.67. The average molecular weight is 616 g/mol. The number of phenolic OH excluding ortho intramolecular Hbond substituents is 4. The second-order valence-corrected chi connectivity index (χ2v) is 12.4. The molecule has 0 saturated carbocycles. The minimum atomic E-state index is -0.204. The summed E-state index contributed by atoms with van der Waals surface area (Å²) in [6.45, 7) is 1.70. The number of ketones is 2. The van der Waals surface area contributed by atoms with E-state index in [1.165, 1.54) is 35.4 Å². The van der Waals surface area contributed by atoms with Crippen LogP contribution in [0.2, 0.25) is 10.0 Å². The van der Waals surface area contributed by atoms with Gasteiger partial charge in [0.15, 0.2) is 34.6 Å². The Morgan fingerprint density at radius 3 is 1.40 bits per heavy atom. The lowest BCUT2D eigenvalue weighted by atomic mass is 9.76. The molecule has 0 spiro atoms. The molecule has 0 amide bonds. The molecule has 2 heterocycles. The largest absolute Gasteiger partial charge is 0.504 e. The van der Waals surface area contributed by atoms with Crippen LogP contribution in [-0.4, -0.2) is 57.2 Å². The monoisotopic (exact) mass is 614 g/mol. The molecule has 2 aromatic carbocycles. The standard InChI is InChI=1S/2C16H18ClNO3/c2*17-13-8-16(21)15(20)7-10(13)6-14-12-2-1-11(19)5-9(12)3-4-18-14/h2*5,7-8,12,14,18,20-21H,1-4,6H2/t12?,14-;/m1./s1. The summed E-state index contributed by atoms with van der Waals surface area (Å²) in [5, 5.41) is 46.1. The van der Waals surface area contributed by atoms with Crippen LogP contribution in [0.15, 0.2) is 47.6 Å². The molecule has 224 valence electrons. The highest BCUT2D eigenvalue weighted by Crippen LogP contribution is 2.38. The second kappa shape index (κ2) is 13.1. The van der Waals surface area contributed by atoms with Crippen LogP contribution < -0.4 is 10.6 Å². The molecular formula is C32H36Cl2N2O6. The van der Waals surface area contributed by atoms with Gasteiger partial charge in [0.1, 0.15) is 0 Å². The summed E-state index contributed by atoms with van der Waals surface area (Å²) >= 11 is 12.3. The first-order valence-electron chi connectivity index (χ1n) is 14.4. The van der Waals surface area contributed by atoms with Gasteiger partial charge in [-0.2, -0.15) is 0 Å². The number of allylic oxidation sites excluding steroid dienone is 2. The van der Waals surface area contributed by atoms with Gasteiger partial charge in [-0.15, -0.1) is 0 Å². The van der Waals surface area contributed by atoms with Gasteiger partial charge in [0.2, 0.25) is 0 Å². The van der Waals surface area contributed by atoms with Crippen LogP contribution in [0.1, 0.15) is 49.7 Å². The minimum absolute atomic E-state index is 0.153. The van der Waals surface area contributed by atoms with Gasteiger partial charge in [-0.1, -0.05) is 34.3 Å². The molecule has 2 aliphatic carbocycles. The van der Waals surface area contributed by atoms with E-state index in [2.05, 4.69) is 10.6 Å². The van der Waals surface area contributed by atoms with Gasteiger partial charge >= 0.3 is 0 Å². The molecule has 8 nitrogen and oxygen atoms in total. The lowest BCUT2D eigenvalue weighted by Crippen LogP contribution is -2.45. The van der Waals surface area contributed by atoms with E-state index in [0.29, 0.717) is 47.6 Å². The predicted octanol–water partition coefficient (Wildman–Crippen LogP) is 5.12. The topological polar surface area (TPSA) is 139 Å². The summed E-state index contributed by atoms with van der Waals surface area (Å²) in [5.41, 5.74) is 4.08. The molecule has 0 bridgehead atoms. The minimum Gasteiger partial charge on any atom is -0.504 e. The Kier molecular flexibility index (Phi) is 9.47. The fourth-order valence-corrected chi connectivity index (χ4v) is 7.14. The van der Waals surface area contributed by atoms with Crippen molar-refractivity contribution in [1.82, 2.24) is 10.6 Å². The van der Waals surface area contributed by atoms with Gasteiger partial charge in [-0.3, -0.25) is 9.59 Å². The predicted molar refractivity (Wildman–Crippen MR) is 161 cm³/mol. The van der Waals surface area contributed by atoms with Crippen LogP contribution in [0.4, 0.5) is 0 Å². The number of benzene rings is 2. The van der Waals surface area contributed by atoms with Crippen molar-refractivity contribution in [1.29, 1.82) is 0 Å². The number of aromatic hydroxyl groups is 4. The number of fused-ring (bicyclic) bond motifs is 2. The van der Waals surface area contributed by atoms with Crippen LogP contribution in [0.25, 0.3) is 0 Å². The number of nitrogens with one attached hydrogen (secondary N) is 2. The van der Waals surface area contributed by atoms with Crippen molar-refractivity contribution in [2.24, 2.45) is 11.8 Å².